The van der Waals surface area contributed by atoms with Crippen LogP contribution in [0.3, 0.4) is 0 Å². The second-order valence-electron chi connectivity index (χ2n) is 5.17. The van der Waals surface area contributed by atoms with Gasteiger partial charge in [-0.2, -0.15) is 0 Å². The Morgan fingerprint density at radius 1 is 1.29 bits per heavy atom. The van der Waals surface area contributed by atoms with Gasteiger partial charge in [0.05, 0.1) is 17.7 Å². The molecule has 110 valence electrons. The van der Waals surface area contributed by atoms with Gasteiger partial charge in [0.15, 0.2) is 0 Å². The van der Waals surface area contributed by atoms with Crippen LogP contribution in [0.2, 0.25) is 0 Å². The van der Waals surface area contributed by atoms with E-state index in [4.69, 9.17) is 5.11 Å². The van der Waals surface area contributed by atoms with Gasteiger partial charge >= 0.3 is 5.97 Å². The summed E-state index contributed by atoms with van der Waals surface area (Å²) in [5.74, 6) is -0.582. The topological polar surface area (TPSA) is 82.5 Å². The Morgan fingerprint density at radius 3 is 2.52 bits per heavy atom. The highest BCUT2D eigenvalue weighted by molar-refractivity contribution is 5.88. The van der Waals surface area contributed by atoms with Crippen LogP contribution in [0.25, 0.3) is 0 Å². The van der Waals surface area contributed by atoms with E-state index >= 15 is 0 Å². The summed E-state index contributed by atoms with van der Waals surface area (Å²) in [6.07, 6.45) is 0. The van der Waals surface area contributed by atoms with Gasteiger partial charge in [0.25, 0.3) is 0 Å². The Labute approximate surface area is 123 Å². The molecule has 0 saturated carbocycles. The van der Waals surface area contributed by atoms with Gasteiger partial charge < -0.3 is 15.5 Å². The predicted octanol–water partition coefficient (Wildman–Crippen LogP) is 2.41. The van der Waals surface area contributed by atoms with E-state index in [1.807, 2.05) is 37.3 Å². The molecule has 0 saturated heterocycles. The number of benzene rings is 1. The van der Waals surface area contributed by atoms with Crippen LogP contribution in [0.5, 0.6) is 0 Å². The molecule has 0 amide bonds. The monoisotopic (exact) mass is 286 g/mol. The lowest BCUT2D eigenvalue weighted by Crippen LogP contribution is -2.36. The fraction of sp³-hybridized carbons (Fsp3) is 0.250. The number of carboxylic acids is 1. The average Bonchev–Trinajstić information content (AvgIpc) is 2.47. The van der Waals surface area contributed by atoms with E-state index in [0.29, 0.717) is 11.5 Å². The summed E-state index contributed by atoms with van der Waals surface area (Å²) < 4.78 is 0. The third kappa shape index (κ3) is 3.38. The van der Waals surface area contributed by atoms with Crippen LogP contribution in [-0.2, 0) is 5.54 Å². The number of aromatic carboxylic acids is 1. The van der Waals surface area contributed by atoms with E-state index < -0.39 is 11.5 Å². The highest BCUT2D eigenvalue weighted by Crippen LogP contribution is 2.25. The normalized spacial score (nSPS) is 13.5. The summed E-state index contributed by atoms with van der Waals surface area (Å²) in [6.45, 7) is 3.43. The zero-order valence-electron chi connectivity index (χ0n) is 12.0. The number of rotatable bonds is 5. The van der Waals surface area contributed by atoms with Crippen molar-refractivity contribution < 1.29 is 15.0 Å². The maximum atomic E-state index is 11.1. The fourth-order valence-corrected chi connectivity index (χ4v) is 2.15. The number of aliphatic hydroxyl groups excluding tert-OH is 1. The molecule has 1 aromatic heterocycles. The molecule has 5 nitrogen and oxygen atoms in total. The molecule has 0 radical (unpaired) electrons. The predicted molar refractivity (Wildman–Crippen MR) is 80.4 cm³/mol. The quantitative estimate of drug-likeness (QED) is 0.786. The summed E-state index contributed by atoms with van der Waals surface area (Å²) in [4.78, 5) is 15.4. The SMILES string of the molecule is Cc1cc(C(=O)O)cc(NC(C)(CO)c2ccccc2)n1. The Hall–Kier alpha value is -2.40. The largest absolute Gasteiger partial charge is 0.478 e. The fourth-order valence-electron chi connectivity index (χ4n) is 2.15. The minimum atomic E-state index is -1.01. The van der Waals surface area contributed by atoms with Crippen molar-refractivity contribution in [3.8, 4) is 0 Å². The number of aliphatic hydroxyl groups is 1. The molecular weight excluding hydrogens is 268 g/mol. The van der Waals surface area contributed by atoms with Crippen molar-refractivity contribution in [3.63, 3.8) is 0 Å². The molecule has 1 heterocycles. The number of anilines is 1. The van der Waals surface area contributed by atoms with E-state index in [9.17, 15) is 9.90 Å². The smallest absolute Gasteiger partial charge is 0.335 e. The van der Waals surface area contributed by atoms with E-state index in [-0.39, 0.29) is 12.2 Å². The van der Waals surface area contributed by atoms with Crippen LogP contribution < -0.4 is 5.32 Å². The number of carbonyl (C=O) groups is 1. The van der Waals surface area contributed by atoms with Crippen LogP contribution in [0.1, 0.15) is 28.5 Å². The highest BCUT2D eigenvalue weighted by Gasteiger charge is 2.26. The Kier molecular flexibility index (Phi) is 4.23. The van der Waals surface area contributed by atoms with Gasteiger partial charge in [0.2, 0.25) is 0 Å². The molecule has 0 aliphatic carbocycles. The van der Waals surface area contributed by atoms with Gasteiger partial charge in [-0.25, -0.2) is 9.78 Å². The van der Waals surface area contributed by atoms with Gasteiger partial charge in [-0.05, 0) is 31.5 Å². The maximum Gasteiger partial charge on any atom is 0.335 e. The Morgan fingerprint density at radius 2 is 1.95 bits per heavy atom. The molecule has 0 fully saturated rings. The zero-order valence-corrected chi connectivity index (χ0v) is 12.0. The van der Waals surface area contributed by atoms with Crippen molar-refractivity contribution in [3.05, 3.63) is 59.3 Å². The zero-order chi connectivity index (χ0) is 15.5. The molecule has 1 aromatic carbocycles. The van der Waals surface area contributed by atoms with Crippen molar-refractivity contribution >= 4 is 11.8 Å². The second-order valence-corrected chi connectivity index (χ2v) is 5.17. The second kappa shape index (κ2) is 5.93. The number of nitrogens with one attached hydrogen (secondary N) is 1. The number of aryl methyl sites for hydroxylation is 1. The number of hydrogen-bond donors (Lipinski definition) is 3. The molecule has 0 spiro atoms. The van der Waals surface area contributed by atoms with Crippen molar-refractivity contribution in [2.45, 2.75) is 19.4 Å². The van der Waals surface area contributed by atoms with E-state index in [0.717, 1.165) is 5.56 Å². The Bertz CT molecular complexity index is 643. The molecule has 2 rings (SSSR count). The van der Waals surface area contributed by atoms with Crippen molar-refractivity contribution in [2.24, 2.45) is 0 Å². The lowest BCUT2D eigenvalue weighted by atomic mass is 9.93. The molecule has 0 aliphatic rings. The number of pyridine rings is 1. The molecular formula is C16H18N2O3. The third-order valence-electron chi connectivity index (χ3n) is 3.33. The lowest BCUT2D eigenvalue weighted by molar-refractivity contribution is 0.0696. The van der Waals surface area contributed by atoms with Crippen LogP contribution in [0, 0.1) is 6.92 Å². The minimum absolute atomic E-state index is 0.144. The standard InChI is InChI=1S/C16H18N2O3/c1-11-8-12(15(20)21)9-14(17-11)18-16(2,10-19)13-6-4-3-5-7-13/h3-9,19H,10H2,1-2H3,(H,17,18)(H,20,21). The van der Waals surface area contributed by atoms with Crippen LogP contribution in [0.4, 0.5) is 5.82 Å². The van der Waals surface area contributed by atoms with E-state index in [1.54, 1.807) is 6.92 Å². The maximum absolute atomic E-state index is 11.1. The van der Waals surface area contributed by atoms with E-state index in [2.05, 4.69) is 10.3 Å². The number of aromatic nitrogens is 1. The van der Waals surface area contributed by atoms with E-state index in [1.165, 1.54) is 12.1 Å². The van der Waals surface area contributed by atoms with Gasteiger partial charge in [0.1, 0.15) is 5.82 Å². The highest BCUT2D eigenvalue weighted by atomic mass is 16.4. The van der Waals surface area contributed by atoms with Crippen molar-refractivity contribution in [2.75, 3.05) is 11.9 Å². The summed E-state index contributed by atoms with van der Waals surface area (Å²) >= 11 is 0. The first-order chi connectivity index (χ1) is 9.94. The first-order valence-corrected chi connectivity index (χ1v) is 6.61. The molecule has 1 atom stereocenters. The number of hydrogen-bond acceptors (Lipinski definition) is 4. The van der Waals surface area contributed by atoms with Gasteiger partial charge in [-0.1, -0.05) is 30.3 Å². The third-order valence-corrected chi connectivity index (χ3v) is 3.33. The molecule has 2 aromatic rings. The summed E-state index contributed by atoms with van der Waals surface area (Å²) in [5.41, 5.74) is 0.925. The van der Waals surface area contributed by atoms with Crippen LogP contribution in [-0.4, -0.2) is 27.8 Å². The van der Waals surface area contributed by atoms with Gasteiger partial charge in [-0.3, -0.25) is 0 Å². The van der Waals surface area contributed by atoms with Crippen LogP contribution in [0.15, 0.2) is 42.5 Å². The van der Waals surface area contributed by atoms with Crippen LogP contribution >= 0.6 is 0 Å². The van der Waals surface area contributed by atoms with Gasteiger partial charge in [0, 0.05) is 5.69 Å². The first kappa shape index (κ1) is 15.0. The molecule has 0 aliphatic heterocycles. The number of nitrogens with zero attached hydrogens (tertiary/aromatic N) is 1. The molecule has 21 heavy (non-hydrogen) atoms. The van der Waals surface area contributed by atoms with Crippen molar-refractivity contribution in [1.29, 1.82) is 0 Å². The lowest BCUT2D eigenvalue weighted by Gasteiger charge is -2.30. The molecule has 0 bridgehead atoms. The first-order valence-electron chi connectivity index (χ1n) is 6.61. The van der Waals surface area contributed by atoms with Crippen molar-refractivity contribution in [1.82, 2.24) is 4.98 Å². The molecule has 3 N–H and O–H groups in total. The summed E-state index contributed by atoms with van der Waals surface area (Å²) in [7, 11) is 0. The Balaban J connectivity index is 2.37. The number of carboxylic acid groups (broad SMARTS) is 1. The summed E-state index contributed by atoms with van der Waals surface area (Å²) in [6, 6.07) is 12.4. The average molecular weight is 286 g/mol. The molecule has 1 unspecified atom stereocenters. The van der Waals surface area contributed by atoms with Gasteiger partial charge in [-0.15, -0.1) is 0 Å². The minimum Gasteiger partial charge on any atom is -0.478 e. The molecule has 5 heteroatoms. The summed E-state index contributed by atoms with van der Waals surface area (Å²) in [5, 5.41) is 22.0.